The third kappa shape index (κ3) is 10.6. The number of hydrogen-bond donors (Lipinski definition) is 0. The van der Waals surface area contributed by atoms with E-state index >= 15 is 0 Å². The van der Waals surface area contributed by atoms with Crippen LogP contribution in [-0.2, 0) is 4.57 Å². The Hall–Kier alpha value is -1.53. The minimum Gasteiger partial charge on any atom is -0.439 e. The van der Waals surface area contributed by atoms with Crippen molar-refractivity contribution < 1.29 is 9.09 Å². The molecule has 2 aromatic rings. The van der Waals surface area contributed by atoms with Gasteiger partial charge >= 0.3 is 0 Å². The number of benzene rings is 2. The van der Waals surface area contributed by atoms with Gasteiger partial charge in [0.1, 0.15) is 5.75 Å². The maximum atomic E-state index is 13.8. The van der Waals surface area contributed by atoms with Crippen LogP contribution in [0.15, 0.2) is 48.5 Å². The molecule has 0 N–H and O–H groups in total. The van der Waals surface area contributed by atoms with Crippen molar-refractivity contribution in [3.8, 4) is 16.9 Å². The van der Waals surface area contributed by atoms with Gasteiger partial charge in [-0.2, -0.15) is 0 Å². The smallest absolute Gasteiger partial charge is 0.277 e. The van der Waals surface area contributed by atoms with Crippen LogP contribution in [-0.4, -0.2) is 6.16 Å². The summed E-state index contributed by atoms with van der Waals surface area (Å²) in [4.78, 5) is 0. The Morgan fingerprint density at radius 1 is 0.514 bits per heavy atom. The molecular formula is C34H53O2P. The largest absolute Gasteiger partial charge is 0.439 e. The first-order chi connectivity index (χ1) is 18.2. The first-order valence-electron chi connectivity index (χ1n) is 15.7. The zero-order valence-corrected chi connectivity index (χ0v) is 24.6. The van der Waals surface area contributed by atoms with E-state index in [1.807, 2.05) is 36.4 Å². The summed E-state index contributed by atoms with van der Waals surface area (Å²) in [7, 11) is -2.83. The second-order valence-corrected chi connectivity index (χ2v) is 13.7. The van der Waals surface area contributed by atoms with Crippen molar-refractivity contribution in [3.63, 3.8) is 0 Å². The fourth-order valence-corrected chi connectivity index (χ4v) is 8.14. The van der Waals surface area contributed by atoms with E-state index in [0.717, 1.165) is 35.0 Å². The molecule has 206 valence electrons. The molecule has 0 radical (unpaired) electrons. The lowest BCUT2D eigenvalue weighted by molar-refractivity contribution is 0.486. The molecule has 1 unspecified atom stereocenters. The number of para-hydroxylation sites is 1. The van der Waals surface area contributed by atoms with E-state index in [1.165, 1.54) is 116 Å². The molecule has 0 saturated carbocycles. The molecule has 0 spiro atoms. The molecule has 0 saturated heterocycles. The zero-order chi connectivity index (χ0) is 26.0. The second kappa shape index (κ2) is 17.9. The molecule has 3 rings (SSSR count). The summed E-state index contributed by atoms with van der Waals surface area (Å²) in [5, 5.41) is 0.909. The van der Waals surface area contributed by atoms with Crippen LogP contribution < -0.4 is 9.83 Å². The Labute approximate surface area is 228 Å². The lowest BCUT2D eigenvalue weighted by atomic mass is 10.0. The Kier molecular flexibility index (Phi) is 14.5. The third-order valence-electron chi connectivity index (χ3n) is 8.00. The van der Waals surface area contributed by atoms with E-state index in [4.69, 9.17) is 4.52 Å². The van der Waals surface area contributed by atoms with Gasteiger partial charge in [0.25, 0.3) is 7.37 Å². The fraction of sp³-hybridized carbons (Fsp3) is 0.647. The van der Waals surface area contributed by atoms with Gasteiger partial charge in [-0.15, -0.1) is 0 Å². The molecule has 2 nitrogen and oxygen atoms in total. The van der Waals surface area contributed by atoms with Crippen LogP contribution in [0, 0.1) is 0 Å². The maximum Gasteiger partial charge on any atom is 0.277 e. The second-order valence-electron chi connectivity index (χ2n) is 11.2. The molecule has 0 aromatic heterocycles. The summed E-state index contributed by atoms with van der Waals surface area (Å²) in [6.07, 6.45) is 28.1. The normalized spacial score (nSPS) is 16.2. The summed E-state index contributed by atoms with van der Waals surface area (Å²) in [5.74, 6) is 0.776. The van der Waals surface area contributed by atoms with Crippen LogP contribution in [0.2, 0.25) is 0 Å². The van der Waals surface area contributed by atoms with E-state index in [2.05, 4.69) is 19.1 Å². The minimum atomic E-state index is -2.83. The maximum absolute atomic E-state index is 13.8. The van der Waals surface area contributed by atoms with E-state index < -0.39 is 7.37 Å². The highest BCUT2D eigenvalue weighted by Crippen LogP contribution is 2.54. The van der Waals surface area contributed by atoms with Gasteiger partial charge in [-0.25, -0.2) is 0 Å². The van der Waals surface area contributed by atoms with Crippen molar-refractivity contribution in [3.05, 3.63) is 48.5 Å². The first-order valence-corrected chi connectivity index (χ1v) is 17.5. The van der Waals surface area contributed by atoms with Gasteiger partial charge in [0, 0.05) is 11.7 Å². The standard InChI is InChI=1S/C34H53O2P/c1-2-3-4-5-6-7-8-9-10-11-12-13-14-15-16-17-18-19-20-25-30-37(35)34-29-24-22-27-32(34)31-26-21-23-28-33(31)36-37/h21-24,26-29H,2-20,25,30H2,1H3. The van der Waals surface area contributed by atoms with E-state index in [9.17, 15) is 4.57 Å². The lowest BCUT2D eigenvalue weighted by Gasteiger charge is -2.28. The molecule has 1 heterocycles. The monoisotopic (exact) mass is 524 g/mol. The molecule has 37 heavy (non-hydrogen) atoms. The Bertz CT molecular complexity index is 922. The summed E-state index contributed by atoms with van der Waals surface area (Å²) in [6, 6.07) is 16.1. The zero-order valence-electron chi connectivity index (χ0n) is 23.7. The van der Waals surface area contributed by atoms with Crippen molar-refractivity contribution in [2.45, 2.75) is 135 Å². The summed E-state index contributed by atoms with van der Waals surface area (Å²) in [5.41, 5.74) is 2.15. The quantitative estimate of drug-likeness (QED) is 0.120. The molecule has 3 heteroatoms. The van der Waals surface area contributed by atoms with Gasteiger partial charge in [-0.1, -0.05) is 165 Å². The van der Waals surface area contributed by atoms with Gasteiger partial charge in [0.05, 0.1) is 5.30 Å². The van der Waals surface area contributed by atoms with Crippen LogP contribution in [0.25, 0.3) is 11.1 Å². The molecule has 0 aliphatic carbocycles. The number of rotatable bonds is 21. The van der Waals surface area contributed by atoms with Crippen LogP contribution in [0.1, 0.15) is 135 Å². The SMILES string of the molecule is CCCCCCCCCCCCCCCCCCCCCCP1(=O)Oc2ccccc2-c2ccccc21. The molecule has 0 amide bonds. The van der Waals surface area contributed by atoms with Gasteiger partial charge in [0.15, 0.2) is 0 Å². The summed E-state index contributed by atoms with van der Waals surface area (Å²) >= 11 is 0. The van der Waals surface area contributed by atoms with Crippen LogP contribution in [0.3, 0.4) is 0 Å². The van der Waals surface area contributed by atoms with E-state index in [0.29, 0.717) is 6.16 Å². The van der Waals surface area contributed by atoms with Gasteiger partial charge in [-0.3, -0.25) is 4.57 Å². The Morgan fingerprint density at radius 3 is 1.43 bits per heavy atom. The van der Waals surface area contributed by atoms with Crippen LogP contribution in [0.4, 0.5) is 0 Å². The molecule has 1 aliphatic heterocycles. The molecule has 1 atom stereocenters. The molecule has 0 bridgehead atoms. The van der Waals surface area contributed by atoms with Crippen molar-refractivity contribution in [2.75, 3.05) is 6.16 Å². The highest BCUT2D eigenvalue weighted by Gasteiger charge is 2.34. The van der Waals surface area contributed by atoms with E-state index in [1.54, 1.807) is 0 Å². The van der Waals surface area contributed by atoms with Crippen molar-refractivity contribution in [1.82, 2.24) is 0 Å². The molecular weight excluding hydrogens is 471 g/mol. The Balaban J connectivity index is 1.14. The highest BCUT2D eigenvalue weighted by atomic mass is 31.2. The Morgan fingerprint density at radius 2 is 0.919 bits per heavy atom. The minimum absolute atomic E-state index is 0.650. The predicted molar refractivity (Wildman–Crippen MR) is 163 cm³/mol. The average Bonchev–Trinajstić information content (AvgIpc) is 2.92. The van der Waals surface area contributed by atoms with Gasteiger partial charge < -0.3 is 4.52 Å². The number of fused-ring (bicyclic) bond motifs is 3. The number of hydrogen-bond acceptors (Lipinski definition) is 2. The predicted octanol–water partition coefficient (Wildman–Crippen LogP) is 11.5. The average molecular weight is 525 g/mol. The van der Waals surface area contributed by atoms with Gasteiger partial charge in [0.2, 0.25) is 0 Å². The van der Waals surface area contributed by atoms with Crippen molar-refractivity contribution in [1.29, 1.82) is 0 Å². The molecule has 2 aromatic carbocycles. The topological polar surface area (TPSA) is 26.3 Å². The highest BCUT2D eigenvalue weighted by molar-refractivity contribution is 7.67. The summed E-state index contributed by atoms with van der Waals surface area (Å²) in [6.45, 7) is 2.29. The first kappa shape index (κ1) is 30.0. The third-order valence-corrected chi connectivity index (χ3v) is 10.5. The van der Waals surface area contributed by atoms with E-state index in [-0.39, 0.29) is 0 Å². The van der Waals surface area contributed by atoms with Gasteiger partial charge in [-0.05, 0) is 24.1 Å². The summed E-state index contributed by atoms with van der Waals surface area (Å²) < 4.78 is 19.9. The van der Waals surface area contributed by atoms with Crippen LogP contribution in [0.5, 0.6) is 5.75 Å². The fourth-order valence-electron chi connectivity index (χ4n) is 5.72. The van der Waals surface area contributed by atoms with Crippen molar-refractivity contribution >= 4 is 12.7 Å². The molecule has 0 fully saturated rings. The van der Waals surface area contributed by atoms with Crippen LogP contribution >= 0.6 is 7.37 Å². The molecule has 1 aliphatic rings. The lowest BCUT2D eigenvalue weighted by Crippen LogP contribution is -2.19. The number of unbranched alkanes of at least 4 members (excludes halogenated alkanes) is 19. The van der Waals surface area contributed by atoms with Crippen molar-refractivity contribution in [2.24, 2.45) is 0 Å².